The van der Waals surface area contributed by atoms with Gasteiger partial charge in [0.15, 0.2) is 0 Å². The summed E-state index contributed by atoms with van der Waals surface area (Å²) in [5.41, 5.74) is 1.33. The average Bonchev–Trinajstić information content (AvgIpc) is 2.39. The molecule has 1 aliphatic heterocycles. The highest BCUT2D eigenvalue weighted by Gasteiger charge is 2.15. The number of piperidine rings is 1. The van der Waals surface area contributed by atoms with Crippen molar-refractivity contribution < 1.29 is 4.74 Å². The summed E-state index contributed by atoms with van der Waals surface area (Å²) in [6, 6.07) is 8.47. The number of hydrogen-bond donors (Lipinski definition) is 1. The molecule has 0 saturated carbocycles. The van der Waals surface area contributed by atoms with Crippen LogP contribution in [0.3, 0.4) is 0 Å². The molecule has 0 amide bonds. The molecule has 0 spiro atoms. The third-order valence-corrected chi connectivity index (χ3v) is 3.69. The van der Waals surface area contributed by atoms with E-state index in [9.17, 15) is 0 Å². The zero-order valence-corrected chi connectivity index (χ0v) is 13.1. The van der Waals surface area contributed by atoms with Crippen LogP contribution in [0.15, 0.2) is 24.3 Å². The molecule has 1 heterocycles. The van der Waals surface area contributed by atoms with Crippen molar-refractivity contribution in [2.45, 2.75) is 39.3 Å². The first-order valence-corrected chi connectivity index (χ1v) is 7.78. The molecule has 1 saturated heterocycles. The number of nitrogens with one attached hydrogen (secondary N) is 1. The van der Waals surface area contributed by atoms with Gasteiger partial charge in [-0.1, -0.05) is 12.1 Å². The minimum atomic E-state index is 0.233. The molecule has 1 aromatic carbocycles. The van der Waals surface area contributed by atoms with Crippen LogP contribution in [0.1, 0.15) is 32.3 Å². The van der Waals surface area contributed by atoms with Crippen LogP contribution in [0.5, 0.6) is 5.75 Å². The van der Waals surface area contributed by atoms with E-state index >= 15 is 0 Å². The maximum absolute atomic E-state index is 5.76. The van der Waals surface area contributed by atoms with Crippen LogP contribution >= 0.6 is 0 Å². The third kappa shape index (κ3) is 5.14. The van der Waals surface area contributed by atoms with Crippen LogP contribution in [0.25, 0.3) is 0 Å². The Labute approximate surface area is 123 Å². The Bertz CT molecular complexity index is 400. The van der Waals surface area contributed by atoms with Crippen molar-refractivity contribution in [2.24, 2.45) is 5.92 Å². The van der Waals surface area contributed by atoms with E-state index in [-0.39, 0.29) is 6.10 Å². The first-order valence-electron chi connectivity index (χ1n) is 7.78. The van der Waals surface area contributed by atoms with Crippen molar-refractivity contribution in [2.75, 3.05) is 26.7 Å². The van der Waals surface area contributed by atoms with E-state index in [1.807, 2.05) is 6.07 Å². The van der Waals surface area contributed by atoms with Gasteiger partial charge in [-0.3, -0.25) is 0 Å². The highest BCUT2D eigenvalue weighted by atomic mass is 16.5. The fraction of sp³-hybridized carbons (Fsp3) is 0.647. The lowest BCUT2D eigenvalue weighted by molar-refractivity contribution is 0.233. The molecule has 1 aliphatic rings. The van der Waals surface area contributed by atoms with Gasteiger partial charge in [0.25, 0.3) is 0 Å². The van der Waals surface area contributed by atoms with E-state index in [1.54, 1.807) is 0 Å². The van der Waals surface area contributed by atoms with Gasteiger partial charge in [0.1, 0.15) is 5.75 Å². The number of ether oxygens (including phenoxy) is 1. The summed E-state index contributed by atoms with van der Waals surface area (Å²) in [4.78, 5) is 2.42. The van der Waals surface area contributed by atoms with Gasteiger partial charge in [-0.25, -0.2) is 0 Å². The predicted octanol–water partition coefficient (Wildman–Crippen LogP) is 2.91. The topological polar surface area (TPSA) is 24.5 Å². The van der Waals surface area contributed by atoms with Crippen LogP contribution in [-0.4, -0.2) is 37.7 Å². The predicted molar refractivity (Wildman–Crippen MR) is 84.1 cm³/mol. The summed E-state index contributed by atoms with van der Waals surface area (Å²) in [6.45, 7) is 8.65. The molecular formula is C17H28N2O. The number of nitrogens with zero attached hydrogens (tertiary/aromatic N) is 1. The Morgan fingerprint density at radius 3 is 2.95 bits per heavy atom. The Balaban J connectivity index is 1.85. The molecule has 0 bridgehead atoms. The van der Waals surface area contributed by atoms with E-state index in [4.69, 9.17) is 4.74 Å². The molecule has 1 N–H and O–H groups in total. The second-order valence-corrected chi connectivity index (χ2v) is 6.22. The van der Waals surface area contributed by atoms with Crippen LogP contribution in [0.2, 0.25) is 0 Å². The molecule has 1 unspecified atom stereocenters. The lowest BCUT2D eigenvalue weighted by Gasteiger charge is -2.27. The summed E-state index contributed by atoms with van der Waals surface area (Å²) in [5.74, 6) is 1.77. The zero-order chi connectivity index (χ0) is 14.4. The monoisotopic (exact) mass is 276 g/mol. The van der Waals surface area contributed by atoms with Crippen molar-refractivity contribution in [3.05, 3.63) is 29.8 Å². The first-order chi connectivity index (χ1) is 9.63. The highest BCUT2D eigenvalue weighted by molar-refractivity contribution is 5.28. The van der Waals surface area contributed by atoms with E-state index in [1.165, 1.54) is 38.0 Å². The van der Waals surface area contributed by atoms with Crippen LogP contribution < -0.4 is 10.1 Å². The van der Waals surface area contributed by atoms with Gasteiger partial charge in [-0.2, -0.15) is 0 Å². The van der Waals surface area contributed by atoms with Crippen molar-refractivity contribution in [1.82, 2.24) is 10.2 Å². The van der Waals surface area contributed by atoms with Crippen molar-refractivity contribution in [3.8, 4) is 5.75 Å². The van der Waals surface area contributed by atoms with Gasteiger partial charge in [-0.15, -0.1) is 0 Å². The third-order valence-electron chi connectivity index (χ3n) is 3.69. The molecular weight excluding hydrogens is 248 g/mol. The van der Waals surface area contributed by atoms with E-state index < -0.39 is 0 Å². The summed E-state index contributed by atoms with van der Waals surface area (Å²) in [6.07, 6.45) is 2.90. The van der Waals surface area contributed by atoms with Gasteiger partial charge >= 0.3 is 0 Å². The van der Waals surface area contributed by atoms with Gasteiger partial charge in [0, 0.05) is 13.1 Å². The summed E-state index contributed by atoms with van der Waals surface area (Å²) < 4.78 is 5.76. The lowest BCUT2D eigenvalue weighted by atomic mass is 9.99. The number of hydrogen-bond acceptors (Lipinski definition) is 3. The maximum Gasteiger partial charge on any atom is 0.120 e. The van der Waals surface area contributed by atoms with Gasteiger partial charge in [0.05, 0.1) is 6.10 Å². The summed E-state index contributed by atoms with van der Waals surface area (Å²) in [7, 11) is 2.21. The second-order valence-electron chi connectivity index (χ2n) is 6.22. The molecule has 2 rings (SSSR count). The Kier molecular flexibility index (Phi) is 5.86. The van der Waals surface area contributed by atoms with E-state index in [2.05, 4.69) is 49.3 Å². The largest absolute Gasteiger partial charge is 0.491 e. The maximum atomic E-state index is 5.76. The molecule has 3 heteroatoms. The van der Waals surface area contributed by atoms with E-state index in [0.717, 1.165) is 18.2 Å². The van der Waals surface area contributed by atoms with Crippen LogP contribution in [0, 0.1) is 5.92 Å². The zero-order valence-electron chi connectivity index (χ0n) is 13.1. The molecule has 0 aliphatic carbocycles. The minimum Gasteiger partial charge on any atom is -0.491 e. The number of benzene rings is 1. The van der Waals surface area contributed by atoms with Crippen molar-refractivity contribution in [3.63, 3.8) is 0 Å². The second kappa shape index (κ2) is 7.65. The van der Waals surface area contributed by atoms with E-state index in [0.29, 0.717) is 0 Å². The normalized spacial score (nSPS) is 19.6. The SMILES string of the molecule is CC(C)Oc1cccc(CN(C)CC2CCCNC2)c1. The highest BCUT2D eigenvalue weighted by Crippen LogP contribution is 2.17. The van der Waals surface area contributed by atoms with Gasteiger partial charge < -0.3 is 15.0 Å². The molecule has 112 valence electrons. The van der Waals surface area contributed by atoms with Crippen LogP contribution in [0.4, 0.5) is 0 Å². The standard InChI is InChI=1S/C17H28N2O/c1-14(2)20-17-8-4-6-15(10-17)12-19(3)13-16-7-5-9-18-11-16/h4,6,8,10,14,16,18H,5,7,9,11-13H2,1-3H3. The van der Waals surface area contributed by atoms with Crippen molar-refractivity contribution in [1.29, 1.82) is 0 Å². The molecule has 1 atom stereocenters. The molecule has 1 fully saturated rings. The Morgan fingerprint density at radius 2 is 2.25 bits per heavy atom. The fourth-order valence-corrected chi connectivity index (χ4v) is 2.89. The molecule has 1 aromatic rings. The molecule has 0 radical (unpaired) electrons. The molecule has 0 aromatic heterocycles. The smallest absolute Gasteiger partial charge is 0.120 e. The van der Waals surface area contributed by atoms with Gasteiger partial charge in [0.2, 0.25) is 0 Å². The molecule has 3 nitrogen and oxygen atoms in total. The average molecular weight is 276 g/mol. The van der Waals surface area contributed by atoms with Gasteiger partial charge in [-0.05, 0) is 70.4 Å². The summed E-state index contributed by atoms with van der Waals surface area (Å²) in [5, 5.41) is 3.49. The van der Waals surface area contributed by atoms with Crippen LogP contribution in [-0.2, 0) is 6.54 Å². The fourth-order valence-electron chi connectivity index (χ4n) is 2.89. The quantitative estimate of drug-likeness (QED) is 0.864. The lowest BCUT2D eigenvalue weighted by Crippen LogP contribution is -2.36. The molecule has 20 heavy (non-hydrogen) atoms. The minimum absolute atomic E-state index is 0.233. The number of rotatable bonds is 6. The summed E-state index contributed by atoms with van der Waals surface area (Å²) >= 11 is 0. The Morgan fingerprint density at radius 1 is 1.40 bits per heavy atom. The van der Waals surface area contributed by atoms with Crippen molar-refractivity contribution >= 4 is 0 Å². The first kappa shape index (κ1) is 15.3. The Hall–Kier alpha value is -1.06.